The monoisotopic (exact) mass is 292 g/mol. The standard InChI is InChI=1S/C16H24N2O3/c1-11(2)9-16(4,21)10-17-15(20)13-6-5-7-14(8-13)18-12(3)19/h5-8,11,21H,9-10H2,1-4H3,(H,17,20)(H,18,19). The van der Waals surface area contributed by atoms with E-state index in [-0.39, 0.29) is 18.4 Å². The molecule has 1 aromatic rings. The van der Waals surface area contributed by atoms with Crippen molar-refractivity contribution in [3.8, 4) is 0 Å². The fourth-order valence-electron chi connectivity index (χ4n) is 2.27. The van der Waals surface area contributed by atoms with E-state index in [0.29, 0.717) is 23.6 Å². The van der Waals surface area contributed by atoms with Crippen LogP contribution in [0.1, 0.15) is 44.5 Å². The molecule has 0 heterocycles. The molecule has 21 heavy (non-hydrogen) atoms. The smallest absolute Gasteiger partial charge is 0.251 e. The van der Waals surface area contributed by atoms with Crippen molar-refractivity contribution in [3.63, 3.8) is 0 Å². The molecule has 1 atom stereocenters. The van der Waals surface area contributed by atoms with Crippen molar-refractivity contribution in [2.75, 3.05) is 11.9 Å². The highest BCUT2D eigenvalue weighted by atomic mass is 16.3. The van der Waals surface area contributed by atoms with Crippen molar-refractivity contribution in [2.45, 2.75) is 39.7 Å². The van der Waals surface area contributed by atoms with Gasteiger partial charge in [-0.05, 0) is 37.5 Å². The Kier molecular flexibility index (Phi) is 5.90. The third-order valence-electron chi connectivity index (χ3n) is 2.92. The topological polar surface area (TPSA) is 78.4 Å². The predicted molar refractivity (Wildman–Crippen MR) is 83.2 cm³/mol. The van der Waals surface area contributed by atoms with Gasteiger partial charge in [-0.3, -0.25) is 9.59 Å². The molecule has 3 N–H and O–H groups in total. The van der Waals surface area contributed by atoms with Crippen LogP contribution >= 0.6 is 0 Å². The van der Waals surface area contributed by atoms with Gasteiger partial charge in [-0.25, -0.2) is 0 Å². The van der Waals surface area contributed by atoms with Crippen LogP contribution in [0.5, 0.6) is 0 Å². The number of anilines is 1. The Morgan fingerprint density at radius 3 is 2.57 bits per heavy atom. The van der Waals surface area contributed by atoms with Gasteiger partial charge in [0.05, 0.1) is 5.60 Å². The first-order chi connectivity index (χ1) is 9.69. The normalized spacial score (nSPS) is 13.6. The lowest BCUT2D eigenvalue weighted by Crippen LogP contribution is -2.41. The van der Waals surface area contributed by atoms with Gasteiger partial charge in [-0.1, -0.05) is 19.9 Å². The van der Waals surface area contributed by atoms with E-state index in [1.54, 1.807) is 31.2 Å². The second-order valence-corrected chi connectivity index (χ2v) is 6.04. The van der Waals surface area contributed by atoms with E-state index in [9.17, 15) is 14.7 Å². The fourth-order valence-corrected chi connectivity index (χ4v) is 2.27. The maximum atomic E-state index is 12.1. The third kappa shape index (κ3) is 6.40. The molecule has 116 valence electrons. The van der Waals surface area contributed by atoms with Crippen molar-refractivity contribution < 1.29 is 14.7 Å². The van der Waals surface area contributed by atoms with Gasteiger partial charge < -0.3 is 15.7 Å². The van der Waals surface area contributed by atoms with Crippen molar-refractivity contribution in [1.82, 2.24) is 5.32 Å². The van der Waals surface area contributed by atoms with Gasteiger partial charge >= 0.3 is 0 Å². The Hall–Kier alpha value is -1.88. The average molecular weight is 292 g/mol. The minimum Gasteiger partial charge on any atom is -0.388 e. The zero-order chi connectivity index (χ0) is 16.0. The molecule has 2 amide bonds. The number of amides is 2. The van der Waals surface area contributed by atoms with Crippen molar-refractivity contribution in [3.05, 3.63) is 29.8 Å². The summed E-state index contributed by atoms with van der Waals surface area (Å²) < 4.78 is 0. The predicted octanol–water partition coefficient (Wildman–Crippen LogP) is 2.17. The molecule has 0 saturated carbocycles. The summed E-state index contributed by atoms with van der Waals surface area (Å²) in [5.74, 6) is -0.112. The van der Waals surface area contributed by atoms with E-state index >= 15 is 0 Å². The molecular formula is C16H24N2O3. The molecule has 1 rings (SSSR count). The summed E-state index contributed by atoms with van der Waals surface area (Å²) in [6.07, 6.45) is 0.610. The van der Waals surface area contributed by atoms with E-state index in [1.165, 1.54) is 6.92 Å². The van der Waals surface area contributed by atoms with Gasteiger partial charge in [0.2, 0.25) is 5.91 Å². The van der Waals surface area contributed by atoms with E-state index < -0.39 is 5.60 Å². The summed E-state index contributed by atoms with van der Waals surface area (Å²) in [4.78, 5) is 23.1. The first-order valence-corrected chi connectivity index (χ1v) is 7.08. The summed E-state index contributed by atoms with van der Waals surface area (Å²) >= 11 is 0. The summed E-state index contributed by atoms with van der Waals surface area (Å²) in [7, 11) is 0. The van der Waals surface area contributed by atoms with Gasteiger partial charge in [0.25, 0.3) is 5.91 Å². The van der Waals surface area contributed by atoms with E-state index in [2.05, 4.69) is 10.6 Å². The Morgan fingerprint density at radius 1 is 1.33 bits per heavy atom. The van der Waals surface area contributed by atoms with Crippen LogP contribution in [-0.2, 0) is 4.79 Å². The van der Waals surface area contributed by atoms with E-state index in [4.69, 9.17) is 0 Å². The average Bonchev–Trinajstić information content (AvgIpc) is 2.34. The molecule has 0 spiro atoms. The van der Waals surface area contributed by atoms with Crippen LogP contribution < -0.4 is 10.6 Å². The summed E-state index contributed by atoms with van der Waals surface area (Å²) in [5.41, 5.74) is 0.0877. The van der Waals surface area contributed by atoms with E-state index in [1.807, 2.05) is 13.8 Å². The molecule has 5 nitrogen and oxygen atoms in total. The molecule has 1 unspecified atom stereocenters. The van der Waals surface area contributed by atoms with Gasteiger partial charge in [-0.2, -0.15) is 0 Å². The minimum atomic E-state index is -0.931. The van der Waals surface area contributed by atoms with Crippen molar-refractivity contribution in [1.29, 1.82) is 0 Å². The summed E-state index contributed by atoms with van der Waals surface area (Å²) in [5, 5.41) is 15.5. The molecule has 0 aromatic heterocycles. The molecule has 0 saturated heterocycles. The van der Waals surface area contributed by atoms with Crippen LogP contribution in [-0.4, -0.2) is 29.1 Å². The molecular weight excluding hydrogens is 268 g/mol. The first kappa shape index (κ1) is 17.2. The van der Waals surface area contributed by atoms with Crippen molar-refractivity contribution >= 4 is 17.5 Å². The van der Waals surface area contributed by atoms with Crippen LogP contribution in [0, 0.1) is 5.92 Å². The molecule has 5 heteroatoms. The Labute approximate surface area is 125 Å². The van der Waals surface area contributed by atoms with Crippen LogP contribution in [0.2, 0.25) is 0 Å². The highest BCUT2D eigenvalue weighted by Gasteiger charge is 2.22. The highest BCUT2D eigenvalue weighted by Crippen LogP contribution is 2.16. The number of nitrogens with one attached hydrogen (secondary N) is 2. The lowest BCUT2D eigenvalue weighted by atomic mass is 9.94. The lowest BCUT2D eigenvalue weighted by Gasteiger charge is -2.25. The zero-order valence-electron chi connectivity index (χ0n) is 13.1. The molecule has 0 aliphatic carbocycles. The second kappa shape index (κ2) is 7.22. The molecule has 0 radical (unpaired) electrons. The Bertz CT molecular complexity index is 510. The maximum Gasteiger partial charge on any atom is 0.251 e. The Morgan fingerprint density at radius 2 is 2.00 bits per heavy atom. The van der Waals surface area contributed by atoms with Gasteiger partial charge in [-0.15, -0.1) is 0 Å². The number of hydrogen-bond donors (Lipinski definition) is 3. The van der Waals surface area contributed by atoms with Crippen LogP contribution in [0.25, 0.3) is 0 Å². The zero-order valence-corrected chi connectivity index (χ0v) is 13.1. The third-order valence-corrected chi connectivity index (χ3v) is 2.92. The summed E-state index contributed by atoms with van der Waals surface area (Å²) in [6.45, 7) is 7.35. The number of hydrogen-bond acceptors (Lipinski definition) is 3. The first-order valence-electron chi connectivity index (χ1n) is 7.08. The van der Waals surface area contributed by atoms with Crippen molar-refractivity contribution in [2.24, 2.45) is 5.92 Å². The largest absolute Gasteiger partial charge is 0.388 e. The van der Waals surface area contributed by atoms with Crippen LogP contribution in [0.3, 0.4) is 0 Å². The fraction of sp³-hybridized carbons (Fsp3) is 0.500. The number of carbonyl (C=O) groups excluding carboxylic acids is 2. The van der Waals surface area contributed by atoms with E-state index in [0.717, 1.165) is 0 Å². The van der Waals surface area contributed by atoms with Gasteiger partial charge in [0, 0.05) is 24.7 Å². The molecule has 0 fully saturated rings. The van der Waals surface area contributed by atoms with Gasteiger partial charge in [0.15, 0.2) is 0 Å². The molecule has 0 bridgehead atoms. The minimum absolute atomic E-state index is 0.188. The maximum absolute atomic E-state index is 12.1. The summed E-state index contributed by atoms with van der Waals surface area (Å²) in [6, 6.07) is 6.69. The van der Waals surface area contributed by atoms with Gasteiger partial charge in [0.1, 0.15) is 0 Å². The molecule has 0 aliphatic heterocycles. The van der Waals surface area contributed by atoms with Crippen LogP contribution in [0.4, 0.5) is 5.69 Å². The number of rotatable bonds is 6. The number of carbonyl (C=O) groups is 2. The second-order valence-electron chi connectivity index (χ2n) is 6.04. The lowest BCUT2D eigenvalue weighted by molar-refractivity contribution is -0.114. The number of benzene rings is 1. The quantitative estimate of drug-likeness (QED) is 0.752. The SMILES string of the molecule is CC(=O)Nc1cccc(C(=O)NCC(C)(O)CC(C)C)c1. The number of aliphatic hydroxyl groups is 1. The molecule has 1 aromatic carbocycles. The van der Waals surface area contributed by atoms with Crippen LogP contribution in [0.15, 0.2) is 24.3 Å². The highest BCUT2D eigenvalue weighted by molar-refractivity contribution is 5.96. The molecule has 0 aliphatic rings. The Balaban J connectivity index is 2.65.